The second kappa shape index (κ2) is 7.63. The first-order valence-corrected chi connectivity index (χ1v) is 9.15. The topological polar surface area (TPSA) is 93.8 Å². The van der Waals surface area contributed by atoms with E-state index in [-0.39, 0.29) is 13.1 Å². The Morgan fingerprint density at radius 1 is 1.19 bits per heavy atom. The summed E-state index contributed by atoms with van der Waals surface area (Å²) in [6, 6.07) is -2.46. The Balaban J connectivity index is 1.56. The summed E-state index contributed by atoms with van der Waals surface area (Å²) in [5, 5.41) is 7.86. The van der Waals surface area contributed by atoms with Crippen molar-refractivity contribution >= 4 is 17.8 Å². The molecule has 3 N–H and O–H groups in total. The smallest absolute Gasteiger partial charge is 0.353 e. The van der Waals surface area contributed by atoms with E-state index in [1.165, 1.54) is 4.90 Å². The summed E-state index contributed by atoms with van der Waals surface area (Å²) in [5.41, 5.74) is -0.938. The second-order valence-electron chi connectivity index (χ2n) is 7.26. The Bertz CT molecular complexity index is 601. The van der Waals surface area contributed by atoms with Gasteiger partial charge in [-0.15, -0.1) is 0 Å². The third kappa shape index (κ3) is 4.18. The number of nitrogens with zero attached hydrogens (tertiary/aromatic N) is 2. The minimum absolute atomic E-state index is 0.232. The van der Waals surface area contributed by atoms with E-state index in [9.17, 15) is 27.6 Å². The second-order valence-corrected chi connectivity index (χ2v) is 7.26. The van der Waals surface area contributed by atoms with Gasteiger partial charge in [-0.05, 0) is 12.8 Å². The molecule has 3 fully saturated rings. The fraction of sp³-hybridized carbons (Fsp3) is 0.812. The average molecular weight is 391 g/mol. The molecule has 0 radical (unpaired) electrons. The van der Waals surface area contributed by atoms with Crippen LogP contribution in [0, 0.1) is 0 Å². The van der Waals surface area contributed by atoms with Gasteiger partial charge in [0.2, 0.25) is 5.91 Å². The zero-order valence-corrected chi connectivity index (χ0v) is 14.9. The van der Waals surface area contributed by atoms with Gasteiger partial charge < -0.3 is 16.0 Å². The van der Waals surface area contributed by atoms with E-state index in [1.54, 1.807) is 0 Å². The highest BCUT2D eigenvalue weighted by Crippen LogP contribution is 2.34. The lowest BCUT2D eigenvalue weighted by Crippen LogP contribution is -2.58. The Morgan fingerprint density at radius 2 is 1.81 bits per heavy atom. The molecule has 8 nitrogen and oxygen atoms in total. The Labute approximate surface area is 154 Å². The number of hydrogen-bond acceptors (Lipinski definition) is 5. The number of nitrogens with one attached hydrogen (secondary N) is 3. The number of rotatable bonds is 5. The molecular formula is C16H24F3N5O3. The van der Waals surface area contributed by atoms with Gasteiger partial charge in [0.25, 0.3) is 5.91 Å². The molecule has 1 spiro atoms. The standard InChI is InChI=1S/C16H24F3N5O3/c17-16(18,19)11(23-7-5-20-6-8-23)9-21-12(25)10-24-13(26)15(22-14(24)27)3-1-2-4-15/h11,20H,1-10H2,(H,21,25)(H,22,27). The van der Waals surface area contributed by atoms with Gasteiger partial charge in [-0.1, -0.05) is 12.8 Å². The van der Waals surface area contributed by atoms with Crippen LogP contribution < -0.4 is 16.0 Å². The minimum atomic E-state index is -4.49. The summed E-state index contributed by atoms with van der Waals surface area (Å²) < 4.78 is 40.0. The van der Waals surface area contributed by atoms with Gasteiger partial charge in [-0.3, -0.25) is 19.4 Å². The van der Waals surface area contributed by atoms with Crippen molar-refractivity contribution in [2.45, 2.75) is 43.4 Å². The summed E-state index contributed by atoms with van der Waals surface area (Å²) in [4.78, 5) is 38.7. The maximum Gasteiger partial charge on any atom is 0.405 e. The molecule has 11 heteroatoms. The lowest BCUT2D eigenvalue weighted by atomic mass is 9.98. The van der Waals surface area contributed by atoms with Gasteiger partial charge >= 0.3 is 12.2 Å². The van der Waals surface area contributed by atoms with Crippen LogP contribution >= 0.6 is 0 Å². The number of alkyl halides is 3. The third-order valence-corrected chi connectivity index (χ3v) is 5.47. The summed E-state index contributed by atoms with van der Waals surface area (Å²) in [6.45, 7) is 0.178. The minimum Gasteiger partial charge on any atom is -0.353 e. The van der Waals surface area contributed by atoms with Crippen molar-refractivity contribution in [3.63, 3.8) is 0 Å². The molecule has 2 heterocycles. The number of imide groups is 1. The number of urea groups is 1. The third-order valence-electron chi connectivity index (χ3n) is 5.47. The van der Waals surface area contributed by atoms with Crippen molar-refractivity contribution in [1.29, 1.82) is 0 Å². The molecule has 152 valence electrons. The van der Waals surface area contributed by atoms with Gasteiger partial charge in [0.15, 0.2) is 0 Å². The molecule has 3 rings (SSSR count). The lowest BCUT2D eigenvalue weighted by Gasteiger charge is -2.36. The van der Waals surface area contributed by atoms with Crippen LogP contribution in [0.1, 0.15) is 25.7 Å². The Kier molecular flexibility index (Phi) is 5.61. The molecule has 2 aliphatic heterocycles. The molecule has 0 bridgehead atoms. The van der Waals surface area contributed by atoms with E-state index in [1.807, 2.05) is 0 Å². The highest BCUT2D eigenvalue weighted by atomic mass is 19.4. The fourth-order valence-corrected chi connectivity index (χ4v) is 3.99. The number of piperazine rings is 1. The van der Waals surface area contributed by atoms with E-state index >= 15 is 0 Å². The molecular weight excluding hydrogens is 367 g/mol. The molecule has 0 aromatic rings. The quantitative estimate of drug-likeness (QED) is 0.565. The van der Waals surface area contributed by atoms with E-state index in [0.29, 0.717) is 25.9 Å². The molecule has 1 saturated carbocycles. The van der Waals surface area contributed by atoms with Gasteiger partial charge in [0.05, 0.1) is 0 Å². The average Bonchev–Trinajstić information content (AvgIpc) is 3.16. The largest absolute Gasteiger partial charge is 0.405 e. The number of amides is 4. The molecule has 0 aromatic carbocycles. The van der Waals surface area contributed by atoms with Crippen LogP contribution in [0.25, 0.3) is 0 Å². The van der Waals surface area contributed by atoms with Crippen LogP contribution in [-0.4, -0.2) is 84.7 Å². The van der Waals surface area contributed by atoms with Crippen molar-refractivity contribution in [2.75, 3.05) is 39.3 Å². The van der Waals surface area contributed by atoms with Crippen LogP contribution in [0.3, 0.4) is 0 Å². The van der Waals surface area contributed by atoms with Crippen LogP contribution in [0.4, 0.5) is 18.0 Å². The molecule has 1 unspecified atom stereocenters. The maximum absolute atomic E-state index is 13.3. The molecule has 0 aromatic heterocycles. The first-order chi connectivity index (χ1) is 12.7. The predicted molar refractivity (Wildman–Crippen MR) is 88.7 cm³/mol. The van der Waals surface area contributed by atoms with Crippen LogP contribution in [0.5, 0.6) is 0 Å². The molecule has 1 atom stereocenters. The van der Waals surface area contributed by atoms with E-state index in [2.05, 4.69) is 16.0 Å². The van der Waals surface area contributed by atoms with Crippen molar-refractivity contribution in [2.24, 2.45) is 0 Å². The number of halogens is 3. The lowest BCUT2D eigenvalue weighted by molar-refractivity contribution is -0.184. The number of carbonyl (C=O) groups is 3. The highest BCUT2D eigenvalue weighted by molar-refractivity contribution is 6.09. The number of hydrogen-bond donors (Lipinski definition) is 3. The summed E-state index contributed by atoms with van der Waals surface area (Å²) in [5.74, 6) is -1.24. The van der Waals surface area contributed by atoms with Gasteiger partial charge in [-0.2, -0.15) is 13.2 Å². The van der Waals surface area contributed by atoms with Crippen LogP contribution in [0.15, 0.2) is 0 Å². The van der Waals surface area contributed by atoms with Gasteiger partial charge in [0.1, 0.15) is 18.1 Å². The number of carbonyl (C=O) groups excluding carboxylic acids is 3. The molecule has 4 amide bonds. The summed E-state index contributed by atoms with van der Waals surface area (Å²) >= 11 is 0. The predicted octanol–water partition coefficient (Wildman–Crippen LogP) is -0.197. The van der Waals surface area contributed by atoms with E-state index in [0.717, 1.165) is 17.7 Å². The van der Waals surface area contributed by atoms with Gasteiger partial charge in [-0.25, -0.2) is 4.79 Å². The zero-order chi connectivity index (χ0) is 19.7. The first kappa shape index (κ1) is 19.9. The van der Waals surface area contributed by atoms with Crippen molar-refractivity contribution in [3.05, 3.63) is 0 Å². The van der Waals surface area contributed by atoms with E-state index in [4.69, 9.17) is 0 Å². The highest BCUT2D eigenvalue weighted by Gasteiger charge is 2.52. The Hall–Kier alpha value is -1.88. The zero-order valence-electron chi connectivity index (χ0n) is 14.9. The first-order valence-electron chi connectivity index (χ1n) is 9.15. The fourth-order valence-electron chi connectivity index (χ4n) is 3.99. The van der Waals surface area contributed by atoms with Crippen LogP contribution in [0.2, 0.25) is 0 Å². The Morgan fingerprint density at radius 3 is 2.41 bits per heavy atom. The molecule has 2 saturated heterocycles. The normalized spacial score (nSPS) is 24.3. The molecule has 3 aliphatic rings. The van der Waals surface area contributed by atoms with Crippen molar-refractivity contribution < 1.29 is 27.6 Å². The molecule has 27 heavy (non-hydrogen) atoms. The SMILES string of the molecule is O=C(CN1C(=O)NC2(CCCC2)C1=O)NCC(N1CCNCC1)C(F)(F)F. The van der Waals surface area contributed by atoms with Crippen molar-refractivity contribution in [3.8, 4) is 0 Å². The summed E-state index contributed by atoms with van der Waals surface area (Å²) in [7, 11) is 0. The van der Waals surface area contributed by atoms with Crippen molar-refractivity contribution in [1.82, 2.24) is 25.8 Å². The maximum atomic E-state index is 13.3. The van der Waals surface area contributed by atoms with E-state index < -0.39 is 48.7 Å². The molecule has 1 aliphatic carbocycles. The van der Waals surface area contributed by atoms with Crippen LogP contribution in [-0.2, 0) is 9.59 Å². The van der Waals surface area contributed by atoms with Gasteiger partial charge in [0, 0.05) is 32.7 Å². The summed E-state index contributed by atoms with van der Waals surface area (Å²) in [6.07, 6.45) is -1.82. The monoisotopic (exact) mass is 391 g/mol.